The maximum atomic E-state index is 13.2. The first-order valence-corrected chi connectivity index (χ1v) is 11.6. The molecule has 1 saturated heterocycles. The van der Waals surface area contributed by atoms with Gasteiger partial charge in [0, 0.05) is 0 Å². The van der Waals surface area contributed by atoms with Crippen LogP contribution in [0.3, 0.4) is 0 Å². The van der Waals surface area contributed by atoms with Crippen molar-refractivity contribution < 1.29 is 52.7 Å². The number of rotatable bonds is 8. The Balaban J connectivity index is 2.87. The lowest BCUT2D eigenvalue weighted by Crippen LogP contribution is -2.57. The average molecular weight is 470 g/mol. The van der Waals surface area contributed by atoms with Crippen LogP contribution in [-0.4, -0.2) is 77.5 Å². The van der Waals surface area contributed by atoms with Gasteiger partial charge in [-0.3, -0.25) is 23.2 Å². The summed E-state index contributed by atoms with van der Waals surface area (Å²) in [5, 5.41) is 30.0. The lowest BCUT2D eigenvalue weighted by molar-refractivity contribution is -0.211. The van der Waals surface area contributed by atoms with E-state index in [2.05, 4.69) is 0 Å². The minimum atomic E-state index is -4.15. The maximum absolute atomic E-state index is 13.2. The van der Waals surface area contributed by atoms with Crippen molar-refractivity contribution in [3.8, 4) is 0 Å². The molecule has 0 aromatic rings. The summed E-state index contributed by atoms with van der Waals surface area (Å²) in [6, 6.07) is 0. The van der Waals surface area contributed by atoms with Gasteiger partial charge in [0.2, 0.25) is 13.6 Å². The summed E-state index contributed by atoms with van der Waals surface area (Å²) in [5.41, 5.74) is -1.65. The molecule has 1 aliphatic rings. The molecule has 0 radical (unpaired) electrons. The molecular weight excluding hydrogens is 435 g/mol. The smallest absolute Gasteiger partial charge is 0.339 e. The van der Waals surface area contributed by atoms with Crippen molar-refractivity contribution in [2.45, 2.75) is 79.0 Å². The summed E-state index contributed by atoms with van der Waals surface area (Å²) in [6.45, 7) is 9.77. The van der Waals surface area contributed by atoms with Gasteiger partial charge in [0.1, 0.15) is 18.3 Å². The molecule has 0 aromatic heterocycles. The van der Waals surface area contributed by atoms with Gasteiger partial charge in [0.05, 0.1) is 29.2 Å². The number of aliphatic hydroxyl groups excluding tert-OH is 3. The Kier molecular flexibility index (Phi) is 9.65. The van der Waals surface area contributed by atoms with E-state index in [1.165, 1.54) is 6.92 Å². The topological polar surface area (TPSA) is 158 Å². The quantitative estimate of drug-likeness (QED) is 0.266. The minimum absolute atomic E-state index is 0.553. The van der Waals surface area contributed by atoms with Crippen molar-refractivity contribution in [2.75, 3.05) is 19.7 Å². The molecule has 5 atom stereocenters. The lowest BCUT2D eigenvalue weighted by atomic mass is 9.96. The zero-order valence-electron chi connectivity index (χ0n) is 19.1. The number of ether oxygens (including phenoxy) is 3. The van der Waals surface area contributed by atoms with Crippen molar-refractivity contribution in [3.05, 3.63) is 0 Å². The molecule has 0 saturated carbocycles. The Labute approximate surface area is 182 Å². The van der Waals surface area contributed by atoms with Gasteiger partial charge in [0.25, 0.3) is 0 Å². The second-order valence-electron chi connectivity index (χ2n) is 9.50. The van der Waals surface area contributed by atoms with E-state index in [-0.39, 0.29) is 0 Å². The van der Waals surface area contributed by atoms with E-state index in [0.29, 0.717) is 0 Å². The van der Waals surface area contributed by atoms with Crippen LogP contribution < -0.4 is 0 Å². The minimum Gasteiger partial charge on any atom is -0.438 e. The molecule has 1 aliphatic heterocycles. The van der Waals surface area contributed by atoms with Gasteiger partial charge in [-0.15, -0.1) is 0 Å². The Bertz CT molecular complexity index is 631. The van der Waals surface area contributed by atoms with Gasteiger partial charge in [0.15, 0.2) is 0 Å². The first-order chi connectivity index (χ1) is 14.0. The fraction of sp³-hybridized carbons (Fsp3) is 0.895. The van der Waals surface area contributed by atoms with E-state index in [1.54, 1.807) is 41.5 Å². The third kappa shape index (κ3) is 8.42. The van der Waals surface area contributed by atoms with Crippen LogP contribution in [0.1, 0.15) is 48.5 Å². The monoisotopic (exact) mass is 470 g/mol. The highest BCUT2D eigenvalue weighted by Crippen LogP contribution is 2.50. The normalized spacial score (nSPS) is 27.6. The first-order valence-electron chi connectivity index (χ1n) is 9.90. The number of aliphatic hydroxyl groups is 3. The molecule has 182 valence electrons. The Morgan fingerprint density at radius 3 is 1.65 bits per heavy atom. The number of carbonyl (C=O) groups is 2. The van der Waals surface area contributed by atoms with E-state index >= 15 is 0 Å². The van der Waals surface area contributed by atoms with Crippen LogP contribution in [0.2, 0.25) is 0 Å². The number of esters is 2. The van der Waals surface area contributed by atoms with E-state index < -0.39 is 80.6 Å². The Morgan fingerprint density at radius 1 is 0.839 bits per heavy atom. The van der Waals surface area contributed by atoms with Crippen LogP contribution in [0.4, 0.5) is 0 Å². The van der Waals surface area contributed by atoms with Crippen molar-refractivity contribution in [1.82, 2.24) is 0 Å². The largest absolute Gasteiger partial charge is 0.438 e. The number of carbonyl (C=O) groups excluding carboxylic acids is 2. The molecule has 31 heavy (non-hydrogen) atoms. The summed E-state index contributed by atoms with van der Waals surface area (Å²) < 4.78 is 38.9. The van der Waals surface area contributed by atoms with Gasteiger partial charge >= 0.3 is 19.5 Å². The van der Waals surface area contributed by atoms with E-state index in [9.17, 15) is 29.5 Å². The van der Waals surface area contributed by atoms with Crippen LogP contribution in [-0.2, 0) is 37.4 Å². The van der Waals surface area contributed by atoms with Gasteiger partial charge in [-0.2, -0.15) is 0 Å². The van der Waals surface area contributed by atoms with Gasteiger partial charge in [-0.25, -0.2) is 0 Å². The molecule has 0 aromatic carbocycles. The predicted octanol–water partition coefficient (Wildman–Crippen LogP) is 1.18. The van der Waals surface area contributed by atoms with Crippen LogP contribution in [0.5, 0.6) is 0 Å². The zero-order chi connectivity index (χ0) is 24.2. The SMILES string of the molecule is C[C@@H]1O[C@H](CP(=O)(OCOC(=O)C(C)(C)C)OCOC(=O)C(C)(C)C)[C@@H](O)[C@H](O)[C@@H]1O. The molecule has 3 N–H and O–H groups in total. The van der Waals surface area contributed by atoms with Crippen LogP contribution in [0, 0.1) is 10.8 Å². The highest BCUT2D eigenvalue weighted by Gasteiger charge is 2.45. The zero-order valence-corrected chi connectivity index (χ0v) is 20.0. The molecule has 1 rings (SSSR count). The summed E-state index contributed by atoms with van der Waals surface area (Å²) in [6.07, 6.45) is -7.11. The highest BCUT2D eigenvalue weighted by molar-refractivity contribution is 7.53. The average Bonchev–Trinajstić information content (AvgIpc) is 2.62. The molecule has 12 heteroatoms. The van der Waals surface area contributed by atoms with Gasteiger partial charge < -0.3 is 29.5 Å². The molecule has 0 unspecified atom stereocenters. The number of hydrogen-bond acceptors (Lipinski definition) is 11. The van der Waals surface area contributed by atoms with Gasteiger partial charge in [-0.05, 0) is 48.5 Å². The van der Waals surface area contributed by atoms with E-state index in [1.807, 2.05) is 0 Å². The highest BCUT2D eigenvalue weighted by atomic mass is 31.2. The second kappa shape index (κ2) is 10.7. The van der Waals surface area contributed by atoms with Crippen molar-refractivity contribution in [3.63, 3.8) is 0 Å². The molecule has 0 aliphatic carbocycles. The second-order valence-corrected chi connectivity index (χ2v) is 11.6. The van der Waals surface area contributed by atoms with E-state index in [0.717, 1.165) is 0 Å². The third-order valence-corrected chi connectivity index (χ3v) is 6.26. The Morgan fingerprint density at radius 2 is 1.26 bits per heavy atom. The molecule has 1 heterocycles. The fourth-order valence-corrected chi connectivity index (χ4v) is 3.86. The summed E-state index contributed by atoms with van der Waals surface area (Å²) in [7, 11) is -4.15. The molecule has 1 fully saturated rings. The van der Waals surface area contributed by atoms with E-state index in [4.69, 9.17) is 23.3 Å². The molecule has 0 amide bonds. The molecular formula is C19H35O11P. The standard InChI is InChI=1S/C19H35O11P/c1-11-13(20)15(22)14(21)12(30-11)8-31(25,28-9-26-16(23)18(2,3)4)29-10-27-17(24)19(5,6)7/h11-15,20-22H,8-10H2,1-7H3/t11-,12+,13+,14+,15+/m0/s1. The summed E-state index contributed by atoms with van der Waals surface area (Å²) in [4.78, 5) is 23.8. The van der Waals surface area contributed by atoms with Crippen LogP contribution in [0.15, 0.2) is 0 Å². The third-order valence-electron chi connectivity index (χ3n) is 4.46. The summed E-state index contributed by atoms with van der Waals surface area (Å²) >= 11 is 0. The summed E-state index contributed by atoms with van der Waals surface area (Å²) in [5.74, 6) is -1.22. The molecule has 0 bridgehead atoms. The maximum Gasteiger partial charge on any atom is 0.339 e. The molecule has 11 nitrogen and oxygen atoms in total. The van der Waals surface area contributed by atoms with Crippen molar-refractivity contribution >= 4 is 19.5 Å². The van der Waals surface area contributed by atoms with Crippen molar-refractivity contribution in [1.29, 1.82) is 0 Å². The van der Waals surface area contributed by atoms with Crippen LogP contribution >= 0.6 is 7.60 Å². The Hall–Kier alpha value is -1.07. The predicted molar refractivity (Wildman–Crippen MR) is 108 cm³/mol. The van der Waals surface area contributed by atoms with Crippen LogP contribution in [0.25, 0.3) is 0 Å². The van der Waals surface area contributed by atoms with Crippen molar-refractivity contribution in [2.24, 2.45) is 10.8 Å². The number of hydrogen-bond donors (Lipinski definition) is 3. The molecule has 0 spiro atoms. The van der Waals surface area contributed by atoms with Gasteiger partial charge in [-0.1, -0.05) is 0 Å². The fourth-order valence-electron chi connectivity index (χ4n) is 2.40. The first kappa shape index (κ1) is 28.0. The lowest BCUT2D eigenvalue weighted by Gasteiger charge is -2.40.